The summed E-state index contributed by atoms with van der Waals surface area (Å²) in [6.45, 7) is 2.31. The highest BCUT2D eigenvalue weighted by Crippen LogP contribution is 2.26. The molecule has 0 amide bonds. The van der Waals surface area contributed by atoms with Crippen molar-refractivity contribution in [3.8, 4) is 11.8 Å². The molecule has 0 bridgehead atoms. The van der Waals surface area contributed by atoms with Crippen molar-refractivity contribution in [2.24, 2.45) is 0 Å². The van der Waals surface area contributed by atoms with Gasteiger partial charge >= 0.3 is 0 Å². The number of nitriles is 1. The third kappa shape index (κ3) is 3.07. The van der Waals surface area contributed by atoms with Crippen molar-refractivity contribution in [2.45, 2.75) is 13.5 Å². The SMILES string of the molecule is COc1ccc(C)cc1NCc1ccc(C#N)cc1F. The predicted octanol–water partition coefficient (Wildman–Crippen LogP) is 3.63. The average molecular weight is 270 g/mol. The average Bonchev–Trinajstić information content (AvgIpc) is 2.46. The maximum Gasteiger partial charge on any atom is 0.141 e. The second-order valence-electron chi connectivity index (χ2n) is 4.48. The third-order valence-corrected chi connectivity index (χ3v) is 3.01. The number of hydrogen-bond acceptors (Lipinski definition) is 3. The van der Waals surface area contributed by atoms with Crippen LogP contribution >= 0.6 is 0 Å². The maximum absolute atomic E-state index is 13.8. The zero-order valence-electron chi connectivity index (χ0n) is 11.4. The molecule has 0 heterocycles. The molecule has 0 saturated heterocycles. The van der Waals surface area contributed by atoms with Crippen LogP contribution in [0.5, 0.6) is 5.75 Å². The van der Waals surface area contributed by atoms with Gasteiger partial charge in [-0.3, -0.25) is 0 Å². The molecule has 0 aliphatic heterocycles. The molecule has 0 saturated carbocycles. The molecule has 0 aliphatic carbocycles. The summed E-state index contributed by atoms with van der Waals surface area (Å²) in [5, 5.41) is 11.9. The summed E-state index contributed by atoms with van der Waals surface area (Å²) in [6, 6.07) is 12.1. The lowest BCUT2D eigenvalue weighted by atomic mass is 10.1. The van der Waals surface area contributed by atoms with Crippen LogP contribution < -0.4 is 10.1 Å². The van der Waals surface area contributed by atoms with Gasteiger partial charge in [-0.15, -0.1) is 0 Å². The zero-order chi connectivity index (χ0) is 14.5. The highest BCUT2D eigenvalue weighted by molar-refractivity contribution is 5.58. The molecule has 102 valence electrons. The Hall–Kier alpha value is -2.54. The molecule has 3 nitrogen and oxygen atoms in total. The predicted molar refractivity (Wildman–Crippen MR) is 76.2 cm³/mol. The minimum atomic E-state index is -0.386. The van der Waals surface area contributed by atoms with Gasteiger partial charge in [-0.25, -0.2) is 4.39 Å². The molecule has 1 N–H and O–H groups in total. The molecule has 2 aromatic rings. The van der Waals surface area contributed by atoms with E-state index in [1.165, 1.54) is 6.07 Å². The van der Waals surface area contributed by atoms with Gasteiger partial charge in [0.1, 0.15) is 11.6 Å². The summed E-state index contributed by atoms with van der Waals surface area (Å²) in [7, 11) is 1.60. The van der Waals surface area contributed by atoms with Crippen LogP contribution in [-0.4, -0.2) is 7.11 Å². The number of ether oxygens (including phenoxy) is 1. The Labute approximate surface area is 117 Å². The molecule has 0 spiro atoms. The minimum absolute atomic E-state index is 0.319. The van der Waals surface area contributed by atoms with Gasteiger partial charge in [-0.1, -0.05) is 12.1 Å². The highest BCUT2D eigenvalue weighted by Gasteiger charge is 2.06. The number of rotatable bonds is 4. The molecule has 0 aromatic heterocycles. The molecule has 4 heteroatoms. The summed E-state index contributed by atoms with van der Waals surface area (Å²) < 4.78 is 19.0. The van der Waals surface area contributed by atoms with Crippen molar-refractivity contribution in [3.63, 3.8) is 0 Å². The fourth-order valence-electron chi connectivity index (χ4n) is 1.91. The summed E-state index contributed by atoms with van der Waals surface area (Å²) in [5.41, 5.74) is 2.73. The number of methoxy groups -OCH3 is 1. The molecule has 0 fully saturated rings. The van der Waals surface area contributed by atoms with Crippen LogP contribution in [0.25, 0.3) is 0 Å². The van der Waals surface area contributed by atoms with E-state index >= 15 is 0 Å². The van der Waals surface area contributed by atoms with E-state index in [-0.39, 0.29) is 5.82 Å². The van der Waals surface area contributed by atoms with Gasteiger partial charge in [-0.05, 0) is 36.8 Å². The largest absolute Gasteiger partial charge is 0.495 e. The molecule has 0 unspecified atom stereocenters. The van der Waals surface area contributed by atoms with E-state index in [1.54, 1.807) is 19.2 Å². The van der Waals surface area contributed by atoms with Crippen LogP contribution in [0, 0.1) is 24.1 Å². The Balaban J connectivity index is 2.17. The van der Waals surface area contributed by atoms with E-state index in [1.807, 2.05) is 31.2 Å². The van der Waals surface area contributed by atoms with Crippen LogP contribution in [0.4, 0.5) is 10.1 Å². The molecular formula is C16H15FN2O. The number of benzene rings is 2. The summed E-state index contributed by atoms with van der Waals surface area (Å²) in [5.74, 6) is 0.327. The molecule has 0 atom stereocenters. The van der Waals surface area contributed by atoms with Gasteiger partial charge in [-0.2, -0.15) is 5.26 Å². The quantitative estimate of drug-likeness (QED) is 0.922. The second kappa shape index (κ2) is 6.07. The van der Waals surface area contributed by atoms with Crippen LogP contribution in [0.2, 0.25) is 0 Å². The lowest BCUT2D eigenvalue weighted by molar-refractivity contribution is 0.416. The summed E-state index contributed by atoms with van der Waals surface area (Å²) in [6.07, 6.45) is 0. The van der Waals surface area contributed by atoms with Crippen molar-refractivity contribution in [1.29, 1.82) is 5.26 Å². The fourth-order valence-corrected chi connectivity index (χ4v) is 1.91. The first-order chi connectivity index (χ1) is 9.63. The Morgan fingerprint density at radius 2 is 2.05 bits per heavy atom. The Bertz CT molecular complexity index is 662. The highest BCUT2D eigenvalue weighted by atomic mass is 19.1. The van der Waals surface area contributed by atoms with Gasteiger partial charge in [0.25, 0.3) is 0 Å². The normalized spacial score (nSPS) is 9.90. The number of nitrogens with one attached hydrogen (secondary N) is 1. The maximum atomic E-state index is 13.8. The van der Waals surface area contributed by atoms with Crippen molar-refractivity contribution in [3.05, 3.63) is 58.9 Å². The van der Waals surface area contributed by atoms with Gasteiger partial charge in [0.05, 0.1) is 24.4 Å². The molecule has 2 rings (SSSR count). The van der Waals surface area contributed by atoms with Crippen LogP contribution in [-0.2, 0) is 6.54 Å². The Morgan fingerprint density at radius 3 is 2.70 bits per heavy atom. The van der Waals surface area contributed by atoms with E-state index in [2.05, 4.69) is 5.32 Å². The third-order valence-electron chi connectivity index (χ3n) is 3.01. The van der Waals surface area contributed by atoms with Crippen molar-refractivity contribution in [1.82, 2.24) is 0 Å². The molecule has 0 radical (unpaired) electrons. The topological polar surface area (TPSA) is 45.0 Å². The van der Waals surface area contributed by atoms with Gasteiger partial charge in [0, 0.05) is 12.1 Å². The van der Waals surface area contributed by atoms with Crippen LogP contribution in [0.3, 0.4) is 0 Å². The van der Waals surface area contributed by atoms with Crippen molar-refractivity contribution >= 4 is 5.69 Å². The number of nitrogens with zero attached hydrogens (tertiary/aromatic N) is 1. The van der Waals surface area contributed by atoms with E-state index < -0.39 is 0 Å². The first-order valence-electron chi connectivity index (χ1n) is 6.21. The van der Waals surface area contributed by atoms with Gasteiger partial charge < -0.3 is 10.1 Å². The lowest BCUT2D eigenvalue weighted by Crippen LogP contribution is -2.04. The smallest absolute Gasteiger partial charge is 0.141 e. The first-order valence-corrected chi connectivity index (χ1v) is 6.21. The molecule has 20 heavy (non-hydrogen) atoms. The Morgan fingerprint density at radius 1 is 1.25 bits per heavy atom. The Kier molecular flexibility index (Phi) is 4.21. The van der Waals surface area contributed by atoms with E-state index in [0.717, 1.165) is 11.3 Å². The molecule has 0 aliphatic rings. The minimum Gasteiger partial charge on any atom is -0.495 e. The first kappa shape index (κ1) is 13.9. The summed E-state index contributed by atoms with van der Waals surface area (Å²) >= 11 is 0. The zero-order valence-corrected chi connectivity index (χ0v) is 11.4. The number of anilines is 1. The number of hydrogen-bond donors (Lipinski definition) is 1. The van der Waals surface area contributed by atoms with Crippen LogP contribution in [0.1, 0.15) is 16.7 Å². The van der Waals surface area contributed by atoms with Crippen LogP contribution in [0.15, 0.2) is 36.4 Å². The molecule has 2 aromatic carbocycles. The van der Waals surface area contributed by atoms with Crippen molar-refractivity contribution in [2.75, 3.05) is 12.4 Å². The number of halogens is 1. The fraction of sp³-hybridized carbons (Fsp3) is 0.188. The lowest BCUT2D eigenvalue weighted by Gasteiger charge is -2.12. The van der Waals surface area contributed by atoms with Gasteiger partial charge in [0.2, 0.25) is 0 Å². The second-order valence-corrected chi connectivity index (χ2v) is 4.48. The number of aryl methyl sites for hydroxylation is 1. The van der Waals surface area contributed by atoms with E-state index in [9.17, 15) is 4.39 Å². The standard InChI is InChI=1S/C16H15FN2O/c1-11-3-6-16(20-2)15(7-11)19-10-13-5-4-12(9-18)8-14(13)17/h3-8,19H,10H2,1-2H3. The summed E-state index contributed by atoms with van der Waals surface area (Å²) in [4.78, 5) is 0. The molecular weight excluding hydrogens is 255 g/mol. The van der Waals surface area contributed by atoms with E-state index in [4.69, 9.17) is 10.00 Å². The van der Waals surface area contributed by atoms with Gasteiger partial charge in [0.15, 0.2) is 0 Å². The van der Waals surface area contributed by atoms with E-state index in [0.29, 0.717) is 23.4 Å². The van der Waals surface area contributed by atoms with Crippen molar-refractivity contribution < 1.29 is 9.13 Å². The monoisotopic (exact) mass is 270 g/mol.